The van der Waals surface area contributed by atoms with Crippen molar-refractivity contribution in [2.75, 3.05) is 39.6 Å². The van der Waals surface area contributed by atoms with E-state index < -0.39 is 6.29 Å². The van der Waals surface area contributed by atoms with Crippen LogP contribution in [-0.2, 0) is 19.0 Å². The van der Waals surface area contributed by atoms with E-state index in [4.69, 9.17) is 30.2 Å². The highest BCUT2D eigenvalue weighted by atomic mass is 16.5. The zero-order valence-electron chi connectivity index (χ0n) is 9.84. The molecular formula is C10H21NO6. The molecule has 7 heteroatoms. The number of ether oxygens (including phenoxy) is 3. The van der Waals surface area contributed by atoms with Crippen LogP contribution in [0.1, 0.15) is 12.8 Å². The molecule has 17 heavy (non-hydrogen) atoms. The smallest absolute Gasteiger partial charge is 0.219 e. The van der Waals surface area contributed by atoms with Crippen molar-refractivity contribution in [1.29, 1.82) is 0 Å². The molecule has 102 valence electrons. The molecule has 0 atom stereocenters. The number of rotatable bonds is 12. The van der Waals surface area contributed by atoms with Gasteiger partial charge in [-0.1, -0.05) is 0 Å². The van der Waals surface area contributed by atoms with E-state index in [1.165, 1.54) is 0 Å². The third kappa shape index (κ3) is 15.3. The maximum atomic E-state index is 10.3. The Hall–Kier alpha value is -0.730. The van der Waals surface area contributed by atoms with Crippen LogP contribution in [0.15, 0.2) is 0 Å². The van der Waals surface area contributed by atoms with Crippen LogP contribution < -0.4 is 5.73 Å². The molecule has 4 N–H and O–H groups in total. The van der Waals surface area contributed by atoms with Crippen molar-refractivity contribution in [1.82, 2.24) is 0 Å². The van der Waals surface area contributed by atoms with Gasteiger partial charge >= 0.3 is 0 Å². The Kier molecular flexibility index (Phi) is 11.2. The first-order valence-electron chi connectivity index (χ1n) is 5.50. The van der Waals surface area contributed by atoms with Gasteiger partial charge in [0, 0.05) is 12.8 Å². The van der Waals surface area contributed by atoms with Crippen molar-refractivity contribution in [2.24, 2.45) is 5.73 Å². The Morgan fingerprint density at radius 1 is 0.941 bits per heavy atom. The minimum atomic E-state index is -1.32. The fraction of sp³-hybridized carbons (Fsp3) is 0.900. The van der Waals surface area contributed by atoms with E-state index in [-0.39, 0.29) is 25.4 Å². The van der Waals surface area contributed by atoms with Crippen molar-refractivity contribution in [3.63, 3.8) is 0 Å². The lowest BCUT2D eigenvalue weighted by molar-refractivity contribution is -0.119. The molecule has 0 saturated carbocycles. The lowest BCUT2D eigenvalue weighted by atomic mass is 10.4. The number of nitrogens with two attached hydrogens (primary N) is 1. The minimum absolute atomic E-state index is 0.191. The summed E-state index contributed by atoms with van der Waals surface area (Å²) in [6.07, 6.45) is -0.919. The van der Waals surface area contributed by atoms with Crippen LogP contribution in [0.5, 0.6) is 0 Å². The van der Waals surface area contributed by atoms with E-state index in [9.17, 15) is 4.79 Å². The predicted molar refractivity (Wildman–Crippen MR) is 59.1 cm³/mol. The molecule has 0 bridgehead atoms. The maximum Gasteiger partial charge on any atom is 0.219 e. The summed E-state index contributed by atoms with van der Waals surface area (Å²) in [6.45, 7) is 2.24. The Balaban J connectivity index is 2.96. The molecule has 1 amide bonds. The molecule has 0 radical (unpaired) electrons. The normalized spacial score (nSPS) is 11.0. The largest absolute Gasteiger partial charge is 0.379 e. The molecule has 0 aromatic heterocycles. The van der Waals surface area contributed by atoms with Gasteiger partial charge < -0.3 is 30.2 Å². The summed E-state index contributed by atoms with van der Waals surface area (Å²) in [5, 5.41) is 17.0. The third-order valence-corrected chi connectivity index (χ3v) is 1.76. The first-order valence-corrected chi connectivity index (χ1v) is 5.50. The number of hydrogen-bond donors (Lipinski definition) is 3. The Bertz CT molecular complexity index is 188. The third-order valence-electron chi connectivity index (χ3n) is 1.76. The van der Waals surface area contributed by atoms with E-state index in [1.807, 2.05) is 0 Å². The first kappa shape index (κ1) is 16.3. The Morgan fingerprint density at radius 3 is 1.88 bits per heavy atom. The number of aliphatic hydroxyl groups is 2. The summed E-state index contributed by atoms with van der Waals surface area (Å²) in [6, 6.07) is 0. The second-order valence-electron chi connectivity index (χ2n) is 3.32. The number of amides is 1. The zero-order chi connectivity index (χ0) is 12.9. The van der Waals surface area contributed by atoms with E-state index in [1.54, 1.807) is 0 Å². The summed E-state index contributed by atoms with van der Waals surface area (Å²) in [4.78, 5) is 10.3. The first-order chi connectivity index (χ1) is 8.13. The molecule has 7 nitrogen and oxygen atoms in total. The van der Waals surface area contributed by atoms with Gasteiger partial charge in [0.1, 0.15) is 0 Å². The number of carbonyl (C=O) groups is 1. The highest BCUT2D eigenvalue weighted by molar-refractivity contribution is 5.73. The van der Waals surface area contributed by atoms with Crippen molar-refractivity contribution >= 4 is 5.91 Å². The summed E-state index contributed by atoms with van der Waals surface area (Å²) in [7, 11) is 0. The predicted octanol–water partition coefficient (Wildman–Crippen LogP) is -1.39. The standard InChI is InChI=1S/C10H21NO6/c11-9(12)1-3-15-5-7-17-8-6-16-4-2-10(13)14/h10,13-14H,1-8H2,(H2,11,12). The summed E-state index contributed by atoms with van der Waals surface area (Å²) in [5.41, 5.74) is 4.92. The molecule has 0 spiro atoms. The fourth-order valence-corrected chi connectivity index (χ4v) is 0.903. The SMILES string of the molecule is NC(=O)CCOCCOCCOCCC(O)O. The topological polar surface area (TPSA) is 111 Å². The van der Waals surface area contributed by atoms with E-state index >= 15 is 0 Å². The molecule has 0 fully saturated rings. The van der Waals surface area contributed by atoms with Gasteiger partial charge in [-0.05, 0) is 0 Å². The monoisotopic (exact) mass is 251 g/mol. The van der Waals surface area contributed by atoms with E-state index in [0.29, 0.717) is 33.0 Å². The van der Waals surface area contributed by atoms with Crippen LogP contribution in [0.25, 0.3) is 0 Å². The summed E-state index contributed by atoms with van der Waals surface area (Å²) < 4.78 is 15.3. The van der Waals surface area contributed by atoms with Gasteiger partial charge in [0.05, 0.1) is 39.6 Å². The molecule has 0 unspecified atom stereocenters. The Morgan fingerprint density at radius 2 is 1.41 bits per heavy atom. The van der Waals surface area contributed by atoms with Crippen molar-refractivity contribution in [3.05, 3.63) is 0 Å². The number of hydrogen-bond acceptors (Lipinski definition) is 6. The number of primary amides is 1. The lowest BCUT2D eigenvalue weighted by Crippen LogP contribution is -2.15. The van der Waals surface area contributed by atoms with Crippen molar-refractivity contribution < 1.29 is 29.2 Å². The quantitative estimate of drug-likeness (QED) is 0.291. The van der Waals surface area contributed by atoms with Crippen LogP contribution in [0.2, 0.25) is 0 Å². The van der Waals surface area contributed by atoms with Gasteiger partial charge in [-0.3, -0.25) is 4.79 Å². The van der Waals surface area contributed by atoms with Crippen LogP contribution in [0.4, 0.5) is 0 Å². The number of aliphatic hydroxyl groups excluding tert-OH is 1. The number of carbonyl (C=O) groups excluding carboxylic acids is 1. The highest BCUT2D eigenvalue weighted by Crippen LogP contribution is 1.88. The molecule has 0 aliphatic rings. The average molecular weight is 251 g/mol. The molecule has 0 aromatic carbocycles. The molecular weight excluding hydrogens is 230 g/mol. The van der Waals surface area contributed by atoms with Crippen molar-refractivity contribution in [3.8, 4) is 0 Å². The van der Waals surface area contributed by atoms with Crippen LogP contribution in [0, 0.1) is 0 Å². The van der Waals surface area contributed by atoms with Gasteiger partial charge in [-0.25, -0.2) is 0 Å². The summed E-state index contributed by atoms with van der Waals surface area (Å²) >= 11 is 0. The second-order valence-corrected chi connectivity index (χ2v) is 3.32. The van der Waals surface area contributed by atoms with E-state index in [2.05, 4.69) is 0 Å². The van der Waals surface area contributed by atoms with Gasteiger partial charge in [-0.2, -0.15) is 0 Å². The summed E-state index contributed by atoms with van der Waals surface area (Å²) in [5.74, 6) is -0.384. The average Bonchev–Trinajstić information content (AvgIpc) is 2.25. The molecule has 0 aliphatic carbocycles. The van der Waals surface area contributed by atoms with Gasteiger partial charge in [0.25, 0.3) is 0 Å². The highest BCUT2D eigenvalue weighted by Gasteiger charge is 1.97. The Labute approximate surface area is 100 Å². The zero-order valence-corrected chi connectivity index (χ0v) is 9.84. The van der Waals surface area contributed by atoms with Gasteiger partial charge in [-0.15, -0.1) is 0 Å². The molecule has 0 aromatic rings. The molecule has 0 saturated heterocycles. The molecule has 0 rings (SSSR count). The fourth-order valence-electron chi connectivity index (χ4n) is 0.903. The van der Waals surface area contributed by atoms with Crippen molar-refractivity contribution in [2.45, 2.75) is 19.1 Å². The lowest BCUT2D eigenvalue weighted by Gasteiger charge is -2.07. The minimum Gasteiger partial charge on any atom is -0.379 e. The van der Waals surface area contributed by atoms with E-state index in [0.717, 1.165) is 0 Å². The maximum absolute atomic E-state index is 10.3. The van der Waals surface area contributed by atoms with Crippen LogP contribution in [0.3, 0.4) is 0 Å². The van der Waals surface area contributed by atoms with Crippen LogP contribution >= 0.6 is 0 Å². The molecule has 0 aliphatic heterocycles. The van der Waals surface area contributed by atoms with Gasteiger partial charge in [0.2, 0.25) is 5.91 Å². The second kappa shape index (κ2) is 11.7. The van der Waals surface area contributed by atoms with Gasteiger partial charge in [0.15, 0.2) is 6.29 Å². The molecule has 0 heterocycles. The van der Waals surface area contributed by atoms with Crippen LogP contribution in [-0.4, -0.2) is 62.1 Å².